The topological polar surface area (TPSA) is 91.6 Å². The molecule has 6 rings (SSSR count). The second kappa shape index (κ2) is 8.79. The van der Waals surface area contributed by atoms with Gasteiger partial charge in [0.2, 0.25) is 0 Å². The molecule has 0 aliphatic rings. The van der Waals surface area contributed by atoms with E-state index in [1.165, 1.54) is 0 Å². The van der Waals surface area contributed by atoms with Gasteiger partial charge in [-0.25, -0.2) is 9.97 Å². The fourth-order valence-corrected chi connectivity index (χ4v) is 4.33. The van der Waals surface area contributed by atoms with Crippen molar-refractivity contribution in [2.24, 2.45) is 0 Å². The third-order valence-electron chi connectivity index (χ3n) is 5.96. The molecular formula is C28H19ClN6O. The highest BCUT2D eigenvalue weighted by atomic mass is 35.5. The minimum absolute atomic E-state index is 0.280. The Bertz CT molecular complexity index is 1740. The molecule has 36 heavy (non-hydrogen) atoms. The first-order valence-electron chi connectivity index (χ1n) is 11.2. The number of hydrogen-bond acceptors (Lipinski definition) is 5. The highest BCUT2D eigenvalue weighted by Crippen LogP contribution is 2.29. The van der Waals surface area contributed by atoms with Crippen LogP contribution in [0.3, 0.4) is 0 Å². The minimum atomic E-state index is -0.397. The van der Waals surface area contributed by atoms with E-state index in [0.29, 0.717) is 22.3 Å². The van der Waals surface area contributed by atoms with Gasteiger partial charge in [0.05, 0.1) is 0 Å². The van der Waals surface area contributed by atoms with Crippen molar-refractivity contribution in [1.29, 1.82) is 0 Å². The van der Waals surface area contributed by atoms with Crippen molar-refractivity contribution >= 4 is 28.6 Å². The van der Waals surface area contributed by atoms with Gasteiger partial charge < -0.3 is 5.73 Å². The van der Waals surface area contributed by atoms with Crippen LogP contribution >= 0.6 is 11.6 Å². The number of para-hydroxylation sites is 1. The van der Waals surface area contributed by atoms with Crippen LogP contribution in [-0.2, 0) is 0 Å². The van der Waals surface area contributed by atoms with E-state index in [1.807, 2.05) is 94.1 Å². The summed E-state index contributed by atoms with van der Waals surface area (Å²) in [6.07, 6.45) is 3.38. The van der Waals surface area contributed by atoms with Crippen LogP contribution in [0.4, 0.5) is 5.82 Å². The lowest BCUT2D eigenvalue weighted by Crippen LogP contribution is -2.17. The van der Waals surface area contributed by atoms with E-state index in [0.717, 1.165) is 28.1 Å². The Morgan fingerprint density at radius 3 is 2.11 bits per heavy atom. The summed E-state index contributed by atoms with van der Waals surface area (Å²) in [4.78, 5) is 26.2. The van der Waals surface area contributed by atoms with Crippen molar-refractivity contribution < 1.29 is 0 Å². The van der Waals surface area contributed by atoms with Crippen LogP contribution in [0.25, 0.3) is 45.1 Å². The molecule has 7 nitrogen and oxygen atoms in total. The molecule has 8 heteroatoms. The molecule has 0 saturated heterocycles. The largest absolute Gasteiger partial charge is 0.384 e. The van der Waals surface area contributed by atoms with Gasteiger partial charge in [0.1, 0.15) is 18.0 Å². The zero-order chi connectivity index (χ0) is 24.6. The number of nitrogen functional groups attached to an aromatic ring is 1. The van der Waals surface area contributed by atoms with E-state index in [2.05, 4.69) is 15.0 Å². The maximum atomic E-state index is 13.1. The van der Waals surface area contributed by atoms with Crippen molar-refractivity contribution in [3.05, 3.63) is 119 Å². The van der Waals surface area contributed by atoms with Gasteiger partial charge in [0.25, 0.3) is 0 Å². The maximum Gasteiger partial charge on any atom is 0.301 e. The van der Waals surface area contributed by atoms with Crippen LogP contribution in [0.2, 0.25) is 5.02 Å². The molecule has 0 atom stereocenters. The molecule has 3 heterocycles. The molecular weight excluding hydrogens is 472 g/mol. The molecule has 0 aliphatic heterocycles. The van der Waals surface area contributed by atoms with Crippen LogP contribution in [-0.4, -0.2) is 24.1 Å². The summed E-state index contributed by atoms with van der Waals surface area (Å²) in [5.41, 5.74) is 10.6. The first-order chi connectivity index (χ1) is 17.6. The predicted molar refractivity (Wildman–Crippen MR) is 143 cm³/mol. The highest BCUT2D eigenvalue weighted by molar-refractivity contribution is 6.30. The summed E-state index contributed by atoms with van der Waals surface area (Å²) in [6.45, 7) is 0. The van der Waals surface area contributed by atoms with Crippen LogP contribution in [0.5, 0.6) is 0 Å². The van der Waals surface area contributed by atoms with Crippen molar-refractivity contribution in [2.75, 3.05) is 5.73 Å². The molecule has 3 aromatic heterocycles. The predicted octanol–water partition coefficient (Wildman–Crippen LogP) is 5.54. The second-order valence-corrected chi connectivity index (χ2v) is 8.66. The van der Waals surface area contributed by atoms with E-state index in [9.17, 15) is 4.79 Å². The van der Waals surface area contributed by atoms with E-state index >= 15 is 0 Å². The van der Waals surface area contributed by atoms with Gasteiger partial charge in [-0.3, -0.25) is 13.9 Å². The molecule has 3 aromatic carbocycles. The standard InChI is InChI=1S/C28H19ClN6O/c29-21-11-13-23(14-12-21)35-26(19-8-6-18(7-9-19)20-10-15-24(30)31-16-20)33-27(36)25-28(35)34(17-32-25)22-4-2-1-3-5-22/h1-17H,(H2,30,31). The lowest BCUT2D eigenvalue weighted by Gasteiger charge is -2.17. The number of hydrogen-bond donors (Lipinski definition) is 1. The third-order valence-corrected chi connectivity index (χ3v) is 6.21. The summed E-state index contributed by atoms with van der Waals surface area (Å²) in [5.74, 6) is 0.962. The fourth-order valence-electron chi connectivity index (χ4n) is 4.20. The summed E-state index contributed by atoms with van der Waals surface area (Å²) in [5, 5.41) is 0.614. The summed E-state index contributed by atoms with van der Waals surface area (Å²) in [7, 11) is 0. The lowest BCUT2D eigenvalue weighted by molar-refractivity contribution is 0.970. The van der Waals surface area contributed by atoms with Gasteiger partial charge >= 0.3 is 5.56 Å². The molecule has 0 aliphatic carbocycles. The number of fused-ring (bicyclic) bond motifs is 1. The van der Waals surface area contributed by atoms with Gasteiger partial charge in [-0.2, -0.15) is 4.98 Å². The molecule has 2 N–H and O–H groups in total. The van der Waals surface area contributed by atoms with Crippen molar-refractivity contribution in [1.82, 2.24) is 24.1 Å². The van der Waals surface area contributed by atoms with Crippen molar-refractivity contribution in [3.63, 3.8) is 0 Å². The van der Waals surface area contributed by atoms with Crippen LogP contribution in [0.1, 0.15) is 0 Å². The number of aromatic nitrogens is 5. The molecule has 6 aromatic rings. The molecule has 0 amide bonds. The fraction of sp³-hybridized carbons (Fsp3) is 0. The Labute approximate surface area is 211 Å². The summed E-state index contributed by atoms with van der Waals surface area (Å²) in [6, 6.07) is 28.7. The van der Waals surface area contributed by atoms with Crippen LogP contribution in [0, 0.1) is 0 Å². The van der Waals surface area contributed by atoms with Gasteiger partial charge in [-0.15, -0.1) is 0 Å². The van der Waals surface area contributed by atoms with Crippen LogP contribution < -0.4 is 11.3 Å². The number of rotatable bonds is 4. The number of nitrogens with two attached hydrogens (primary N) is 1. The zero-order valence-electron chi connectivity index (χ0n) is 18.9. The van der Waals surface area contributed by atoms with Crippen molar-refractivity contribution in [3.8, 4) is 33.9 Å². The van der Waals surface area contributed by atoms with Gasteiger partial charge in [-0.1, -0.05) is 54.1 Å². The van der Waals surface area contributed by atoms with Gasteiger partial charge in [-0.05, 0) is 54.1 Å². The SMILES string of the molecule is Nc1ccc(-c2ccc(-c3nc(=O)c4ncn(-c5ccccc5)c4n3-c3ccc(Cl)cc3)cc2)cn1. The van der Waals surface area contributed by atoms with E-state index in [1.54, 1.807) is 18.6 Å². The minimum Gasteiger partial charge on any atom is -0.384 e. The third kappa shape index (κ3) is 3.81. The van der Waals surface area contributed by atoms with E-state index < -0.39 is 5.56 Å². The number of halogens is 1. The Hall–Kier alpha value is -4.75. The Morgan fingerprint density at radius 2 is 1.42 bits per heavy atom. The number of pyridine rings is 1. The first-order valence-corrected chi connectivity index (χ1v) is 11.6. The van der Waals surface area contributed by atoms with Gasteiger partial charge in [0.15, 0.2) is 11.2 Å². The Balaban J connectivity index is 1.60. The Kier molecular flexibility index (Phi) is 5.32. The molecule has 0 saturated carbocycles. The van der Waals surface area contributed by atoms with E-state index in [4.69, 9.17) is 17.3 Å². The quantitative estimate of drug-likeness (QED) is 0.350. The molecule has 0 spiro atoms. The number of imidazole rings is 1. The van der Waals surface area contributed by atoms with E-state index in [-0.39, 0.29) is 5.52 Å². The number of benzene rings is 3. The molecule has 0 fully saturated rings. The normalized spacial score (nSPS) is 11.1. The average molecular weight is 491 g/mol. The van der Waals surface area contributed by atoms with Gasteiger partial charge in [0, 0.05) is 33.7 Å². The summed E-state index contributed by atoms with van der Waals surface area (Å²) >= 11 is 6.19. The van der Waals surface area contributed by atoms with Crippen molar-refractivity contribution in [2.45, 2.75) is 0 Å². The molecule has 0 radical (unpaired) electrons. The maximum absolute atomic E-state index is 13.1. The second-order valence-electron chi connectivity index (χ2n) is 8.22. The number of nitrogens with zero attached hydrogens (tertiary/aromatic N) is 5. The Morgan fingerprint density at radius 1 is 0.722 bits per heavy atom. The zero-order valence-corrected chi connectivity index (χ0v) is 19.7. The molecule has 0 unspecified atom stereocenters. The smallest absolute Gasteiger partial charge is 0.301 e. The molecule has 0 bridgehead atoms. The van der Waals surface area contributed by atoms with Crippen LogP contribution in [0.15, 0.2) is 108 Å². The average Bonchev–Trinajstić information content (AvgIpc) is 3.36. The molecule has 174 valence electrons. The summed E-state index contributed by atoms with van der Waals surface area (Å²) < 4.78 is 3.83. The number of anilines is 1. The highest BCUT2D eigenvalue weighted by Gasteiger charge is 2.19. The first kappa shape index (κ1) is 21.8. The monoisotopic (exact) mass is 490 g/mol. The lowest BCUT2D eigenvalue weighted by atomic mass is 10.1.